The molecule has 7 heteroatoms. The summed E-state index contributed by atoms with van der Waals surface area (Å²) in [7, 11) is 0. The van der Waals surface area contributed by atoms with Gasteiger partial charge in [0.25, 0.3) is 0 Å². The van der Waals surface area contributed by atoms with Gasteiger partial charge in [0.15, 0.2) is 5.78 Å². The molecule has 29 heavy (non-hydrogen) atoms. The van der Waals surface area contributed by atoms with Crippen molar-refractivity contribution in [2.75, 3.05) is 4.90 Å². The molecule has 0 saturated heterocycles. The van der Waals surface area contributed by atoms with Crippen molar-refractivity contribution in [3.05, 3.63) is 75.4 Å². The maximum atomic E-state index is 13.6. The number of anilines is 1. The summed E-state index contributed by atoms with van der Waals surface area (Å²) in [6.07, 6.45) is -3.42. The van der Waals surface area contributed by atoms with Crippen LogP contribution in [0.1, 0.15) is 42.7 Å². The largest absolute Gasteiger partial charge is 0.418 e. The Hall–Kier alpha value is -2.41. The Morgan fingerprint density at radius 1 is 0.966 bits per heavy atom. The molecule has 3 nitrogen and oxygen atoms in total. The van der Waals surface area contributed by atoms with Gasteiger partial charge >= 0.3 is 6.18 Å². The minimum atomic E-state index is -4.60. The number of para-hydroxylation sites is 1. The molecule has 0 fully saturated rings. The van der Waals surface area contributed by atoms with Crippen LogP contribution in [0, 0.1) is 0 Å². The number of amides is 1. The summed E-state index contributed by atoms with van der Waals surface area (Å²) < 4.78 is 41.6. The predicted molar refractivity (Wildman–Crippen MR) is 106 cm³/mol. The van der Waals surface area contributed by atoms with Gasteiger partial charge in [0.05, 0.1) is 11.3 Å². The molecule has 0 bridgehead atoms. The van der Waals surface area contributed by atoms with Crippen LogP contribution >= 0.6 is 15.9 Å². The standard InChI is InChI=1S/C22H17BrF3NO2/c23-16-8-3-1-6-13(16)14-12-20(29)27(18-10-5-11-19(28)21(14)18)17-9-4-2-7-15(17)22(24,25)26/h1-4,6-9,14H,5,10-12H2. The lowest BCUT2D eigenvalue weighted by Gasteiger charge is -2.39. The van der Waals surface area contributed by atoms with Gasteiger partial charge in [-0.05, 0) is 36.6 Å². The number of alkyl halides is 3. The van der Waals surface area contributed by atoms with Gasteiger partial charge in [-0.25, -0.2) is 0 Å². The zero-order chi connectivity index (χ0) is 20.8. The molecule has 0 radical (unpaired) electrons. The Kier molecular flexibility index (Phi) is 5.11. The van der Waals surface area contributed by atoms with Gasteiger partial charge in [-0.2, -0.15) is 13.2 Å². The average molecular weight is 464 g/mol. The Morgan fingerprint density at radius 3 is 2.38 bits per heavy atom. The summed E-state index contributed by atoms with van der Waals surface area (Å²) in [5, 5.41) is 0. The van der Waals surface area contributed by atoms with E-state index in [1.165, 1.54) is 18.2 Å². The first kappa shape index (κ1) is 19.9. The number of nitrogens with zero attached hydrogens (tertiary/aromatic N) is 1. The third-order valence-electron chi connectivity index (χ3n) is 5.41. The van der Waals surface area contributed by atoms with Crippen molar-refractivity contribution in [1.29, 1.82) is 0 Å². The normalized spacial score (nSPS) is 20.1. The van der Waals surface area contributed by atoms with Crippen LogP contribution in [0.5, 0.6) is 0 Å². The molecule has 1 atom stereocenters. The van der Waals surface area contributed by atoms with E-state index in [0.29, 0.717) is 30.5 Å². The van der Waals surface area contributed by atoms with Crippen LogP contribution in [0.15, 0.2) is 64.3 Å². The topological polar surface area (TPSA) is 37.4 Å². The summed E-state index contributed by atoms with van der Waals surface area (Å²) in [5.41, 5.74) is 0.567. The fourth-order valence-electron chi connectivity index (χ4n) is 4.20. The summed E-state index contributed by atoms with van der Waals surface area (Å²) in [6, 6.07) is 12.4. The van der Waals surface area contributed by atoms with E-state index in [1.807, 2.05) is 24.3 Å². The van der Waals surface area contributed by atoms with Crippen molar-refractivity contribution < 1.29 is 22.8 Å². The van der Waals surface area contributed by atoms with Gasteiger partial charge in [-0.1, -0.05) is 46.3 Å². The SMILES string of the molecule is O=C1CCCC2=C1C(c1ccccc1Br)CC(=O)N2c1ccccc1C(F)(F)F. The van der Waals surface area contributed by atoms with Crippen molar-refractivity contribution in [3.63, 3.8) is 0 Å². The molecule has 2 aromatic carbocycles. The number of hydrogen-bond acceptors (Lipinski definition) is 2. The van der Waals surface area contributed by atoms with Gasteiger partial charge in [0.1, 0.15) is 0 Å². The van der Waals surface area contributed by atoms with Gasteiger partial charge < -0.3 is 0 Å². The number of carbonyl (C=O) groups is 2. The second-order valence-corrected chi connectivity index (χ2v) is 8.01. The molecule has 0 N–H and O–H groups in total. The van der Waals surface area contributed by atoms with Gasteiger partial charge in [-0.3, -0.25) is 14.5 Å². The van der Waals surface area contributed by atoms with Crippen LogP contribution in [0.3, 0.4) is 0 Å². The fraction of sp³-hybridized carbons (Fsp3) is 0.273. The second-order valence-electron chi connectivity index (χ2n) is 7.16. The first-order chi connectivity index (χ1) is 13.8. The van der Waals surface area contributed by atoms with Crippen LogP contribution < -0.4 is 4.90 Å². The van der Waals surface area contributed by atoms with Crippen molar-refractivity contribution in [3.8, 4) is 0 Å². The van der Waals surface area contributed by atoms with E-state index < -0.39 is 23.6 Å². The van der Waals surface area contributed by atoms with E-state index in [9.17, 15) is 22.8 Å². The quantitative estimate of drug-likeness (QED) is 0.547. The minimum absolute atomic E-state index is 0.0562. The molecule has 1 aliphatic carbocycles. The highest BCUT2D eigenvalue weighted by Crippen LogP contribution is 2.47. The van der Waals surface area contributed by atoms with E-state index in [0.717, 1.165) is 21.0 Å². The lowest BCUT2D eigenvalue weighted by molar-refractivity contribution is -0.137. The number of allylic oxidation sites excluding steroid dienone is 2. The maximum absolute atomic E-state index is 13.6. The van der Waals surface area contributed by atoms with Gasteiger partial charge in [0, 0.05) is 34.5 Å². The third kappa shape index (κ3) is 3.52. The molecule has 4 rings (SSSR count). The Morgan fingerprint density at radius 2 is 1.66 bits per heavy atom. The zero-order valence-electron chi connectivity index (χ0n) is 15.3. The summed E-state index contributed by atoms with van der Waals surface area (Å²) in [6.45, 7) is 0. The molecule has 2 aromatic rings. The number of Topliss-reactive ketones (excluding diaryl/α,β-unsaturated/α-hetero) is 1. The van der Waals surface area contributed by atoms with Crippen LogP contribution in [0.4, 0.5) is 18.9 Å². The van der Waals surface area contributed by atoms with Gasteiger partial charge in [0.2, 0.25) is 5.91 Å². The van der Waals surface area contributed by atoms with Crippen LogP contribution in [0.25, 0.3) is 0 Å². The molecule has 150 valence electrons. The molecular formula is C22H17BrF3NO2. The third-order valence-corrected chi connectivity index (χ3v) is 6.13. The Balaban J connectivity index is 1.92. The average Bonchev–Trinajstić information content (AvgIpc) is 2.67. The lowest BCUT2D eigenvalue weighted by Crippen LogP contribution is -2.41. The molecule has 0 aromatic heterocycles. The van der Waals surface area contributed by atoms with Crippen molar-refractivity contribution in [1.82, 2.24) is 0 Å². The number of carbonyl (C=O) groups excluding carboxylic acids is 2. The monoisotopic (exact) mass is 463 g/mol. The van der Waals surface area contributed by atoms with E-state index in [1.54, 1.807) is 0 Å². The fourth-order valence-corrected chi connectivity index (χ4v) is 4.77. The number of rotatable bonds is 2. The number of hydrogen-bond donors (Lipinski definition) is 0. The lowest BCUT2D eigenvalue weighted by atomic mass is 9.77. The smallest absolute Gasteiger partial charge is 0.294 e. The minimum Gasteiger partial charge on any atom is -0.294 e. The summed E-state index contributed by atoms with van der Waals surface area (Å²) >= 11 is 3.48. The molecular weight excluding hydrogens is 447 g/mol. The molecule has 0 saturated carbocycles. The van der Waals surface area contributed by atoms with Crippen molar-refractivity contribution in [2.24, 2.45) is 0 Å². The first-order valence-corrected chi connectivity index (χ1v) is 10.1. The summed E-state index contributed by atoms with van der Waals surface area (Å²) in [4.78, 5) is 27.1. The van der Waals surface area contributed by atoms with Crippen molar-refractivity contribution >= 4 is 33.3 Å². The number of ketones is 1. The van der Waals surface area contributed by atoms with Crippen LogP contribution in [-0.2, 0) is 15.8 Å². The highest BCUT2D eigenvalue weighted by molar-refractivity contribution is 9.10. The Bertz CT molecular complexity index is 1030. The molecule has 1 aliphatic heterocycles. The number of halogens is 4. The molecule has 2 aliphatic rings. The van der Waals surface area contributed by atoms with E-state index >= 15 is 0 Å². The molecule has 0 spiro atoms. The molecule has 1 amide bonds. The first-order valence-electron chi connectivity index (χ1n) is 9.29. The Labute approximate surface area is 174 Å². The van der Waals surface area contributed by atoms with Crippen LogP contribution in [-0.4, -0.2) is 11.7 Å². The van der Waals surface area contributed by atoms with Crippen molar-refractivity contribution in [2.45, 2.75) is 37.8 Å². The predicted octanol–water partition coefficient (Wildman–Crippen LogP) is 6.00. The van der Waals surface area contributed by atoms with E-state index in [2.05, 4.69) is 15.9 Å². The highest BCUT2D eigenvalue weighted by atomic mass is 79.9. The van der Waals surface area contributed by atoms with Crippen LogP contribution in [0.2, 0.25) is 0 Å². The number of benzene rings is 2. The van der Waals surface area contributed by atoms with E-state index in [-0.39, 0.29) is 17.9 Å². The maximum Gasteiger partial charge on any atom is 0.418 e. The summed E-state index contributed by atoms with van der Waals surface area (Å²) in [5.74, 6) is -1.000. The zero-order valence-corrected chi connectivity index (χ0v) is 16.9. The molecule has 1 heterocycles. The van der Waals surface area contributed by atoms with E-state index in [4.69, 9.17) is 0 Å². The second kappa shape index (κ2) is 7.44. The van der Waals surface area contributed by atoms with Gasteiger partial charge in [-0.15, -0.1) is 0 Å². The highest BCUT2D eigenvalue weighted by Gasteiger charge is 2.43. The molecule has 1 unspecified atom stereocenters.